The molecule has 104 valence electrons. The van der Waals surface area contributed by atoms with Crippen LogP contribution in [0.5, 0.6) is 0 Å². The molecule has 2 aromatic rings. The van der Waals surface area contributed by atoms with Crippen LogP contribution in [0, 0.1) is 0 Å². The van der Waals surface area contributed by atoms with Gasteiger partial charge in [0.2, 0.25) is 0 Å². The molecule has 0 heterocycles. The topological polar surface area (TPSA) is 74.6 Å². The van der Waals surface area contributed by atoms with Crippen LogP contribution in [-0.2, 0) is 0 Å². The van der Waals surface area contributed by atoms with E-state index in [1.54, 1.807) is 24.3 Å². The summed E-state index contributed by atoms with van der Waals surface area (Å²) in [5.74, 6) is -1.94. The van der Waals surface area contributed by atoms with Crippen LogP contribution in [0.2, 0.25) is 19.6 Å². The molecule has 5 heteroatoms. The van der Waals surface area contributed by atoms with Crippen molar-refractivity contribution >= 4 is 36.0 Å². The Hall–Kier alpha value is -2.14. The monoisotopic (exact) mass is 288 g/mol. The molecule has 0 fully saturated rings. The van der Waals surface area contributed by atoms with Gasteiger partial charge in [-0.2, -0.15) is 0 Å². The number of carboxylic acids is 2. The Bertz CT molecular complexity index is 714. The molecule has 0 radical (unpaired) electrons. The Balaban J connectivity index is 2.85. The van der Waals surface area contributed by atoms with Crippen LogP contribution in [0.25, 0.3) is 10.8 Å². The van der Waals surface area contributed by atoms with Crippen molar-refractivity contribution in [2.24, 2.45) is 0 Å². The molecule has 0 atom stereocenters. The standard InChI is InChI=1S/C15H16O4Si/c1-20(2,3)13-8-11(15(18)19)6-9-4-5-10(14(16)17)7-12(9)13/h4-8H,1-3H3,(H,16,17)(H,18,19). The number of carboxylic acid groups (broad SMARTS) is 2. The first-order valence-corrected chi connectivity index (χ1v) is 9.75. The summed E-state index contributed by atoms with van der Waals surface area (Å²) in [6.07, 6.45) is 0. The fourth-order valence-corrected chi connectivity index (χ4v) is 3.85. The average Bonchev–Trinajstić information content (AvgIpc) is 2.35. The molecule has 0 aromatic heterocycles. The molecule has 0 aliphatic heterocycles. The molecule has 0 saturated heterocycles. The molecule has 20 heavy (non-hydrogen) atoms. The molecule has 2 rings (SSSR count). The van der Waals surface area contributed by atoms with E-state index in [9.17, 15) is 14.7 Å². The van der Waals surface area contributed by atoms with Crippen molar-refractivity contribution in [1.29, 1.82) is 0 Å². The summed E-state index contributed by atoms with van der Waals surface area (Å²) in [6.45, 7) is 6.34. The minimum Gasteiger partial charge on any atom is -0.478 e. The number of benzene rings is 2. The third kappa shape index (κ3) is 2.58. The molecular formula is C15H16O4Si. The molecule has 0 saturated carbocycles. The van der Waals surface area contributed by atoms with Gasteiger partial charge >= 0.3 is 11.9 Å². The Morgan fingerprint density at radius 1 is 0.900 bits per heavy atom. The van der Waals surface area contributed by atoms with E-state index in [2.05, 4.69) is 19.6 Å². The van der Waals surface area contributed by atoms with Gasteiger partial charge < -0.3 is 10.2 Å². The number of hydrogen-bond donors (Lipinski definition) is 2. The first-order valence-electron chi connectivity index (χ1n) is 6.25. The van der Waals surface area contributed by atoms with Crippen LogP contribution in [-0.4, -0.2) is 30.2 Å². The summed E-state index contributed by atoms with van der Waals surface area (Å²) < 4.78 is 0. The maximum absolute atomic E-state index is 11.2. The lowest BCUT2D eigenvalue weighted by atomic mass is 10.0. The maximum atomic E-state index is 11.2. The molecule has 0 aliphatic carbocycles. The van der Waals surface area contributed by atoms with Crippen molar-refractivity contribution in [2.75, 3.05) is 0 Å². The van der Waals surface area contributed by atoms with E-state index in [0.29, 0.717) is 0 Å². The van der Waals surface area contributed by atoms with Crippen LogP contribution in [0.3, 0.4) is 0 Å². The van der Waals surface area contributed by atoms with Crippen molar-refractivity contribution in [3.05, 3.63) is 41.5 Å². The van der Waals surface area contributed by atoms with E-state index in [1.807, 2.05) is 0 Å². The molecule has 0 spiro atoms. The van der Waals surface area contributed by atoms with Crippen LogP contribution in [0.1, 0.15) is 20.7 Å². The number of fused-ring (bicyclic) bond motifs is 1. The molecule has 0 bridgehead atoms. The van der Waals surface area contributed by atoms with Gasteiger partial charge in [-0.1, -0.05) is 30.9 Å². The highest BCUT2D eigenvalue weighted by atomic mass is 28.3. The van der Waals surface area contributed by atoms with Crippen molar-refractivity contribution < 1.29 is 19.8 Å². The highest BCUT2D eigenvalue weighted by Crippen LogP contribution is 2.20. The third-order valence-corrected chi connectivity index (χ3v) is 5.29. The fraction of sp³-hybridized carbons (Fsp3) is 0.200. The zero-order chi connectivity index (χ0) is 15.1. The average molecular weight is 288 g/mol. The fourth-order valence-electron chi connectivity index (χ4n) is 2.23. The lowest BCUT2D eigenvalue weighted by Crippen LogP contribution is -2.38. The Morgan fingerprint density at radius 3 is 2.00 bits per heavy atom. The Labute approximate surface area is 117 Å². The second-order valence-corrected chi connectivity index (χ2v) is 10.9. The second kappa shape index (κ2) is 4.75. The van der Waals surface area contributed by atoms with Gasteiger partial charge in [0.1, 0.15) is 0 Å². The summed E-state index contributed by atoms with van der Waals surface area (Å²) in [6, 6.07) is 8.09. The maximum Gasteiger partial charge on any atom is 0.335 e. The minimum absolute atomic E-state index is 0.222. The van der Waals surface area contributed by atoms with Gasteiger partial charge in [0.05, 0.1) is 19.2 Å². The second-order valence-electron chi connectivity index (χ2n) is 5.82. The molecule has 4 nitrogen and oxygen atoms in total. The van der Waals surface area contributed by atoms with Gasteiger partial charge in [-0.15, -0.1) is 0 Å². The van der Waals surface area contributed by atoms with E-state index in [4.69, 9.17) is 5.11 Å². The summed E-state index contributed by atoms with van der Waals surface area (Å²) in [5, 5.41) is 20.9. The van der Waals surface area contributed by atoms with E-state index >= 15 is 0 Å². The zero-order valence-corrected chi connectivity index (χ0v) is 12.6. The summed E-state index contributed by atoms with van der Waals surface area (Å²) in [4.78, 5) is 22.3. The van der Waals surface area contributed by atoms with Crippen LogP contribution < -0.4 is 5.19 Å². The van der Waals surface area contributed by atoms with Crippen molar-refractivity contribution in [1.82, 2.24) is 0 Å². The highest BCUT2D eigenvalue weighted by molar-refractivity contribution is 6.90. The number of aromatic carboxylic acids is 2. The molecule has 0 amide bonds. The van der Waals surface area contributed by atoms with Gasteiger partial charge in [-0.05, 0) is 35.0 Å². The predicted octanol–water partition coefficient (Wildman–Crippen LogP) is 2.78. The van der Waals surface area contributed by atoms with Crippen molar-refractivity contribution in [2.45, 2.75) is 19.6 Å². The Morgan fingerprint density at radius 2 is 1.50 bits per heavy atom. The smallest absolute Gasteiger partial charge is 0.335 e. The number of rotatable bonds is 3. The molecule has 2 aromatic carbocycles. The summed E-state index contributed by atoms with van der Waals surface area (Å²) >= 11 is 0. The zero-order valence-electron chi connectivity index (χ0n) is 11.6. The molecule has 0 unspecified atom stereocenters. The van der Waals surface area contributed by atoms with Gasteiger partial charge in [0, 0.05) is 0 Å². The van der Waals surface area contributed by atoms with E-state index in [1.165, 1.54) is 6.07 Å². The van der Waals surface area contributed by atoms with Crippen molar-refractivity contribution in [3.63, 3.8) is 0 Å². The minimum atomic E-state index is -1.79. The molecular weight excluding hydrogens is 272 g/mol. The van der Waals surface area contributed by atoms with E-state index in [-0.39, 0.29) is 11.1 Å². The normalized spacial score (nSPS) is 11.6. The first kappa shape index (κ1) is 14.3. The molecule has 2 N–H and O–H groups in total. The van der Waals surface area contributed by atoms with Crippen molar-refractivity contribution in [3.8, 4) is 0 Å². The highest BCUT2D eigenvalue weighted by Gasteiger charge is 2.22. The van der Waals surface area contributed by atoms with Crippen LogP contribution >= 0.6 is 0 Å². The van der Waals surface area contributed by atoms with Gasteiger partial charge in [0.25, 0.3) is 0 Å². The SMILES string of the molecule is C[Si](C)(C)c1cc(C(=O)O)cc2ccc(C(=O)O)cc12. The quantitative estimate of drug-likeness (QED) is 0.852. The van der Waals surface area contributed by atoms with Gasteiger partial charge in [-0.25, -0.2) is 9.59 Å². The van der Waals surface area contributed by atoms with Gasteiger partial charge in [0.15, 0.2) is 0 Å². The van der Waals surface area contributed by atoms with Gasteiger partial charge in [-0.3, -0.25) is 0 Å². The lowest BCUT2D eigenvalue weighted by molar-refractivity contribution is 0.0686. The van der Waals surface area contributed by atoms with E-state index < -0.39 is 20.0 Å². The van der Waals surface area contributed by atoms with Crippen LogP contribution in [0.15, 0.2) is 30.3 Å². The van der Waals surface area contributed by atoms with Crippen LogP contribution in [0.4, 0.5) is 0 Å². The predicted molar refractivity (Wildman–Crippen MR) is 80.8 cm³/mol. The number of hydrogen-bond acceptors (Lipinski definition) is 2. The number of carbonyl (C=O) groups is 2. The Kier molecular flexibility index (Phi) is 3.39. The largest absolute Gasteiger partial charge is 0.478 e. The molecule has 0 aliphatic rings. The summed E-state index contributed by atoms with van der Waals surface area (Å²) in [7, 11) is -1.79. The summed E-state index contributed by atoms with van der Waals surface area (Å²) in [5.41, 5.74) is 0.470. The van der Waals surface area contributed by atoms with E-state index in [0.717, 1.165) is 16.0 Å². The first-order chi connectivity index (χ1) is 9.20. The third-order valence-electron chi connectivity index (χ3n) is 3.26. The lowest BCUT2D eigenvalue weighted by Gasteiger charge is -2.20.